The van der Waals surface area contributed by atoms with E-state index in [9.17, 15) is 15.0 Å². The molecule has 0 unspecified atom stereocenters. The van der Waals surface area contributed by atoms with Crippen LogP contribution in [0.2, 0.25) is 0 Å². The van der Waals surface area contributed by atoms with E-state index in [4.69, 9.17) is 0 Å². The highest BCUT2D eigenvalue weighted by atomic mass is 16.3. The fraction of sp³-hybridized carbons (Fsp3) is 0.632. The first-order valence-electron chi connectivity index (χ1n) is 8.82. The molecule has 0 aromatic heterocycles. The van der Waals surface area contributed by atoms with E-state index >= 15 is 0 Å². The van der Waals surface area contributed by atoms with Gasteiger partial charge in [0.1, 0.15) is 0 Å². The van der Waals surface area contributed by atoms with Crippen molar-refractivity contribution in [3.8, 4) is 0 Å². The normalized spacial score (nSPS) is 16.1. The standard InChI is InChI=1S/C19H29NO3/c21-13-17-8-7-16(11-18(17)14-22)9-10-20-19(23)12-15-5-3-1-2-4-6-15/h7-8,11,15,21-22H,1-6,9-10,12-14H2,(H,20,23). The van der Waals surface area contributed by atoms with Crippen LogP contribution in [0.5, 0.6) is 0 Å². The van der Waals surface area contributed by atoms with Gasteiger partial charge in [0.25, 0.3) is 0 Å². The lowest BCUT2D eigenvalue weighted by Crippen LogP contribution is -2.27. The minimum absolute atomic E-state index is 0.0612. The van der Waals surface area contributed by atoms with Gasteiger partial charge in [0.2, 0.25) is 5.91 Å². The van der Waals surface area contributed by atoms with Crippen molar-refractivity contribution in [2.75, 3.05) is 6.54 Å². The number of carbonyl (C=O) groups is 1. The Balaban J connectivity index is 1.74. The molecule has 1 saturated carbocycles. The molecule has 0 aliphatic heterocycles. The largest absolute Gasteiger partial charge is 0.392 e. The van der Waals surface area contributed by atoms with Gasteiger partial charge < -0.3 is 15.5 Å². The van der Waals surface area contributed by atoms with Crippen LogP contribution < -0.4 is 5.32 Å². The Bertz CT molecular complexity index is 493. The van der Waals surface area contributed by atoms with Crippen LogP contribution in [0.25, 0.3) is 0 Å². The van der Waals surface area contributed by atoms with Gasteiger partial charge in [-0.25, -0.2) is 0 Å². The van der Waals surface area contributed by atoms with Gasteiger partial charge in [0, 0.05) is 13.0 Å². The molecule has 128 valence electrons. The van der Waals surface area contributed by atoms with E-state index in [-0.39, 0.29) is 19.1 Å². The molecule has 0 spiro atoms. The number of carbonyl (C=O) groups excluding carboxylic acids is 1. The molecule has 2 rings (SSSR count). The average molecular weight is 319 g/mol. The maximum Gasteiger partial charge on any atom is 0.220 e. The van der Waals surface area contributed by atoms with Gasteiger partial charge in [-0.05, 0) is 41.9 Å². The molecule has 0 atom stereocenters. The minimum atomic E-state index is -0.0717. The summed E-state index contributed by atoms with van der Waals surface area (Å²) in [5.74, 6) is 0.716. The fourth-order valence-electron chi connectivity index (χ4n) is 3.38. The van der Waals surface area contributed by atoms with Crippen molar-refractivity contribution in [3.05, 3.63) is 34.9 Å². The molecular weight excluding hydrogens is 290 g/mol. The lowest BCUT2D eigenvalue weighted by molar-refractivity contribution is -0.122. The smallest absolute Gasteiger partial charge is 0.220 e. The van der Waals surface area contributed by atoms with Gasteiger partial charge in [-0.1, -0.05) is 43.9 Å². The number of aliphatic hydroxyl groups is 2. The van der Waals surface area contributed by atoms with E-state index in [0.29, 0.717) is 18.9 Å². The number of hydrogen-bond donors (Lipinski definition) is 3. The lowest BCUT2D eigenvalue weighted by Gasteiger charge is -2.14. The first kappa shape index (κ1) is 18.0. The lowest BCUT2D eigenvalue weighted by atomic mass is 9.96. The van der Waals surface area contributed by atoms with Gasteiger partial charge in [-0.15, -0.1) is 0 Å². The zero-order valence-electron chi connectivity index (χ0n) is 13.9. The highest BCUT2D eigenvalue weighted by Crippen LogP contribution is 2.25. The number of rotatable bonds is 7. The van der Waals surface area contributed by atoms with Crippen molar-refractivity contribution >= 4 is 5.91 Å². The Kier molecular flexibility index (Phi) is 7.56. The molecule has 0 saturated heterocycles. The van der Waals surface area contributed by atoms with Gasteiger partial charge in [0.15, 0.2) is 0 Å². The fourth-order valence-corrected chi connectivity index (χ4v) is 3.38. The highest BCUT2D eigenvalue weighted by Gasteiger charge is 2.15. The monoisotopic (exact) mass is 319 g/mol. The first-order valence-corrected chi connectivity index (χ1v) is 8.82. The summed E-state index contributed by atoms with van der Waals surface area (Å²) in [5.41, 5.74) is 2.59. The molecule has 4 nitrogen and oxygen atoms in total. The molecule has 1 fully saturated rings. The minimum Gasteiger partial charge on any atom is -0.392 e. The van der Waals surface area contributed by atoms with Crippen LogP contribution in [-0.4, -0.2) is 22.7 Å². The highest BCUT2D eigenvalue weighted by molar-refractivity contribution is 5.76. The van der Waals surface area contributed by atoms with Crippen LogP contribution in [0.15, 0.2) is 18.2 Å². The van der Waals surface area contributed by atoms with Crippen LogP contribution in [0.1, 0.15) is 61.6 Å². The van der Waals surface area contributed by atoms with Gasteiger partial charge in [-0.2, -0.15) is 0 Å². The van der Waals surface area contributed by atoms with Crippen molar-refractivity contribution in [1.82, 2.24) is 5.32 Å². The second kappa shape index (κ2) is 9.68. The van der Waals surface area contributed by atoms with E-state index in [2.05, 4.69) is 5.32 Å². The summed E-state index contributed by atoms with van der Waals surface area (Å²) in [6, 6.07) is 5.69. The van der Waals surface area contributed by atoms with E-state index in [1.54, 1.807) is 0 Å². The molecule has 23 heavy (non-hydrogen) atoms. The molecule has 0 bridgehead atoms. The van der Waals surface area contributed by atoms with Crippen molar-refractivity contribution < 1.29 is 15.0 Å². The SMILES string of the molecule is O=C(CC1CCCCCC1)NCCc1ccc(CO)c(CO)c1. The second-order valence-electron chi connectivity index (χ2n) is 6.58. The summed E-state index contributed by atoms with van der Waals surface area (Å²) in [6.07, 6.45) is 8.94. The van der Waals surface area contributed by atoms with Crippen molar-refractivity contribution in [2.45, 2.75) is 64.6 Å². The second-order valence-corrected chi connectivity index (χ2v) is 6.58. The zero-order chi connectivity index (χ0) is 16.5. The maximum atomic E-state index is 12.1. The van der Waals surface area contributed by atoms with Crippen LogP contribution in [0, 0.1) is 5.92 Å². The molecule has 1 aromatic carbocycles. The Hall–Kier alpha value is -1.39. The van der Waals surface area contributed by atoms with Crippen LogP contribution in [0.4, 0.5) is 0 Å². The Labute approximate surface area is 138 Å². The number of amides is 1. The van der Waals surface area contributed by atoms with E-state index in [1.165, 1.54) is 38.5 Å². The number of benzene rings is 1. The summed E-state index contributed by atoms with van der Waals surface area (Å²) in [4.78, 5) is 12.1. The Morgan fingerprint density at radius 3 is 2.39 bits per heavy atom. The summed E-state index contributed by atoms with van der Waals surface area (Å²) in [7, 11) is 0. The molecule has 0 radical (unpaired) electrons. The Morgan fingerprint density at radius 2 is 1.74 bits per heavy atom. The summed E-state index contributed by atoms with van der Waals surface area (Å²) in [5, 5.41) is 21.5. The number of hydrogen-bond acceptors (Lipinski definition) is 3. The molecule has 3 N–H and O–H groups in total. The summed E-state index contributed by atoms with van der Waals surface area (Å²) in [6.45, 7) is 0.487. The third-order valence-electron chi connectivity index (χ3n) is 4.80. The van der Waals surface area contributed by atoms with Gasteiger partial charge >= 0.3 is 0 Å². The summed E-state index contributed by atoms with van der Waals surface area (Å²) < 4.78 is 0. The molecule has 1 aromatic rings. The molecule has 1 aliphatic carbocycles. The zero-order valence-corrected chi connectivity index (χ0v) is 13.9. The first-order chi connectivity index (χ1) is 11.2. The van der Waals surface area contributed by atoms with Gasteiger partial charge in [0.05, 0.1) is 13.2 Å². The molecular formula is C19H29NO3. The van der Waals surface area contributed by atoms with Crippen LogP contribution >= 0.6 is 0 Å². The third-order valence-corrected chi connectivity index (χ3v) is 4.80. The maximum absolute atomic E-state index is 12.1. The van der Waals surface area contributed by atoms with E-state index in [1.807, 2.05) is 18.2 Å². The molecule has 4 heteroatoms. The molecule has 0 heterocycles. The molecule has 1 aliphatic rings. The van der Waals surface area contributed by atoms with Crippen LogP contribution in [0.3, 0.4) is 0 Å². The van der Waals surface area contributed by atoms with Crippen molar-refractivity contribution in [3.63, 3.8) is 0 Å². The van der Waals surface area contributed by atoms with Crippen molar-refractivity contribution in [1.29, 1.82) is 0 Å². The predicted molar refractivity (Wildman–Crippen MR) is 90.8 cm³/mol. The average Bonchev–Trinajstić information content (AvgIpc) is 2.83. The topological polar surface area (TPSA) is 69.6 Å². The van der Waals surface area contributed by atoms with E-state index < -0.39 is 0 Å². The predicted octanol–water partition coefficient (Wildman–Crippen LogP) is 2.69. The Morgan fingerprint density at radius 1 is 1.04 bits per heavy atom. The molecule has 1 amide bonds. The third kappa shape index (κ3) is 5.96. The van der Waals surface area contributed by atoms with E-state index in [0.717, 1.165) is 23.1 Å². The number of nitrogens with one attached hydrogen (secondary N) is 1. The van der Waals surface area contributed by atoms with Crippen LogP contribution in [-0.2, 0) is 24.4 Å². The summed E-state index contributed by atoms with van der Waals surface area (Å²) >= 11 is 0. The van der Waals surface area contributed by atoms with Gasteiger partial charge in [-0.3, -0.25) is 4.79 Å². The van der Waals surface area contributed by atoms with Crippen molar-refractivity contribution in [2.24, 2.45) is 5.92 Å². The number of aliphatic hydroxyl groups excluding tert-OH is 2. The quantitative estimate of drug-likeness (QED) is 0.677.